The molecule has 1 amide bonds. The Morgan fingerprint density at radius 3 is 2.50 bits per heavy atom. The molecule has 0 fully saturated rings. The van der Waals surface area contributed by atoms with Crippen LogP contribution in [0.3, 0.4) is 0 Å². The van der Waals surface area contributed by atoms with Crippen LogP contribution in [0.5, 0.6) is 0 Å². The van der Waals surface area contributed by atoms with Gasteiger partial charge in [-0.05, 0) is 31.4 Å². The molecule has 0 aliphatic carbocycles. The number of ketones is 1. The fourth-order valence-electron chi connectivity index (χ4n) is 1.76. The van der Waals surface area contributed by atoms with Crippen LogP contribution < -0.4 is 5.32 Å². The molecule has 2 heterocycles. The first kappa shape index (κ1) is 14.3. The Hall–Kier alpha value is -2.08. The molecule has 0 bridgehead atoms. The van der Waals surface area contributed by atoms with Crippen LogP contribution in [0.15, 0.2) is 23.6 Å². The van der Waals surface area contributed by atoms with Crippen LogP contribution >= 0.6 is 11.3 Å². The number of Topliss-reactive ketones (excluding diaryl/α,β-unsaturated/α-hetero) is 1. The van der Waals surface area contributed by atoms with Crippen molar-refractivity contribution in [2.75, 3.05) is 5.32 Å². The standard InChI is InChI=1S/C14H15N3O2S/c1-9-8-10(2)16-14(15-9)17-13(19)6-5-11(18)12-4-3-7-20-12/h3-4,7-8H,5-6H2,1-2H3,(H,15,16,17,19). The molecule has 20 heavy (non-hydrogen) atoms. The van der Waals surface area contributed by atoms with Crippen LogP contribution in [0.25, 0.3) is 0 Å². The van der Waals surface area contributed by atoms with Gasteiger partial charge in [0.2, 0.25) is 11.9 Å². The lowest BCUT2D eigenvalue weighted by molar-refractivity contribution is -0.116. The van der Waals surface area contributed by atoms with E-state index in [9.17, 15) is 9.59 Å². The topological polar surface area (TPSA) is 72.0 Å². The Kier molecular flexibility index (Phi) is 4.57. The number of hydrogen-bond acceptors (Lipinski definition) is 5. The summed E-state index contributed by atoms with van der Waals surface area (Å²) in [7, 11) is 0. The fraction of sp³-hybridized carbons (Fsp3) is 0.286. The second-order valence-electron chi connectivity index (χ2n) is 4.42. The largest absolute Gasteiger partial charge is 0.295 e. The third-order valence-corrected chi connectivity index (χ3v) is 3.52. The Balaban J connectivity index is 1.88. The molecule has 6 heteroatoms. The van der Waals surface area contributed by atoms with Crippen molar-refractivity contribution in [1.82, 2.24) is 9.97 Å². The molecular formula is C14H15N3O2S. The Labute approximate surface area is 121 Å². The van der Waals surface area contributed by atoms with Crippen LogP contribution in [0.2, 0.25) is 0 Å². The molecule has 0 saturated heterocycles. The molecule has 5 nitrogen and oxygen atoms in total. The monoisotopic (exact) mass is 289 g/mol. The van der Waals surface area contributed by atoms with Gasteiger partial charge in [0.1, 0.15) is 0 Å². The predicted molar refractivity (Wildman–Crippen MR) is 78.0 cm³/mol. The summed E-state index contributed by atoms with van der Waals surface area (Å²) in [5.41, 5.74) is 1.59. The summed E-state index contributed by atoms with van der Waals surface area (Å²) >= 11 is 1.38. The molecule has 104 valence electrons. The SMILES string of the molecule is Cc1cc(C)nc(NC(=O)CCC(=O)c2cccs2)n1. The van der Waals surface area contributed by atoms with Crippen molar-refractivity contribution in [2.45, 2.75) is 26.7 Å². The maximum Gasteiger partial charge on any atom is 0.229 e. The maximum absolute atomic E-state index is 11.8. The van der Waals surface area contributed by atoms with Gasteiger partial charge in [-0.1, -0.05) is 6.07 Å². The van der Waals surface area contributed by atoms with Gasteiger partial charge in [0.25, 0.3) is 0 Å². The lowest BCUT2D eigenvalue weighted by Gasteiger charge is -2.05. The van der Waals surface area contributed by atoms with Crippen LogP contribution in [0, 0.1) is 13.8 Å². The quantitative estimate of drug-likeness (QED) is 0.859. The number of thiophene rings is 1. The average Bonchev–Trinajstić information content (AvgIpc) is 2.88. The van der Waals surface area contributed by atoms with Gasteiger partial charge in [-0.3, -0.25) is 14.9 Å². The van der Waals surface area contributed by atoms with Crippen molar-refractivity contribution in [1.29, 1.82) is 0 Å². The first-order valence-corrected chi connectivity index (χ1v) is 7.11. The van der Waals surface area contributed by atoms with E-state index in [0.717, 1.165) is 11.4 Å². The number of carbonyl (C=O) groups excluding carboxylic acids is 2. The van der Waals surface area contributed by atoms with Gasteiger partial charge in [-0.15, -0.1) is 11.3 Å². The summed E-state index contributed by atoms with van der Waals surface area (Å²) in [6.45, 7) is 3.68. The number of rotatable bonds is 5. The van der Waals surface area contributed by atoms with Crippen molar-refractivity contribution >= 4 is 29.0 Å². The van der Waals surface area contributed by atoms with E-state index in [1.165, 1.54) is 11.3 Å². The number of amides is 1. The van der Waals surface area contributed by atoms with Gasteiger partial charge >= 0.3 is 0 Å². The molecule has 2 aromatic rings. The van der Waals surface area contributed by atoms with Gasteiger partial charge in [0, 0.05) is 24.2 Å². The normalized spacial score (nSPS) is 10.3. The molecular weight excluding hydrogens is 274 g/mol. The van der Waals surface area contributed by atoms with E-state index in [-0.39, 0.29) is 30.5 Å². The number of aromatic nitrogens is 2. The lowest BCUT2D eigenvalue weighted by atomic mass is 10.2. The summed E-state index contributed by atoms with van der Waals surface area (Å²) in [5, 5.41) is 4.46. The van der Waals surface area contributed by atoms with E-state index >= 15 is 0 Å². The third kappa shape index (κ3) is 3.96. The fourth-order valence-corrected chi connectivity index (χ4v) is 2.45. The highest BCUT2D eigenvalue weighted by molar-refractivity contribution is 7.12. The summed E-state index contributed by atoms with van der Waals surface area (Å²) in [6.07, 6.45) is 0.324. The van der Waals surface area contributed by atoms with Gasteiger partial charge in [-0.2, -0.15) is 0 Å². The molecule has 0 aromatic carbocycles. The number of nitrogens with zero attached hydrogens (tertiary/aromatic N) is 2. The minimum atomic E-state index is -0.250. The van der Waals surface area contributed by atoms with Crippen molar-refractivity contribution in [3.05, 3.63) is 39.8 Å². The predicted octanol–water partition coefficient (Wildman–Crippen LogP) is 2.76. The molecule has 0 unspecified atom stereocenters. The van der Waals surface area contributed by atoms with Crippen molar-refractivity contribution in [3.63, 3.8) is 0 Å². The molecule has 0 aliphatic heterocycles. The van der Waals surface area contributed by atoms with Gasteiger partial charge in [0.05, 0.1) is 4.88 Å². The van der Waals surface area contributed by atoms with E-state index in [1.54, 1.807) is 6.07 Å². The molecule has 0 aliphatic rings. The highest BCUT2D eigenvalue weighted by Gasteiger charge is 2.11. The number of aryl methyl sites for hydroxylation is 2. The van der Waals surface area contributed by atoms with Crippen molar-refractivity contribution in [3.8, 4) is 0 Å². The molecule has 1 N–H and O–H groups in total. The first-order chi connectivity index (χ1) is 9.54. The Bertz CT molecular complexity index is 603. The number of nitrogens with one attached hydrogen (secondary N) is 1. The van der Waals surface area contributed by atoms with Gasteiger partial charge in [-0.25, -0.2) is 9.97 Å². The van der Waals surface area contributed by atoms with E-state index < -0.39 is 0 Å². The van der Waals surface area contributed by atoms with Crippen LogP contribution in [0.1, 0.15) is 33.9 Å². The third-order valence-electron chi connectivity index (χ3n) is 2.61. The summed E-state index contributed by atoms with van der Waals surface area (Å²) < 4.78 is 0. The Morgan fingerprint density at radius 1 is 1.20 bits per heavy atom. The van der Waals surface area contributed by atoms with Crippen LogP contribution in [-0.4, -0.2) is 21.7 Å². The van der Waals surface area contributed by atoms with E-state index in [2.05, 4.69) is 15.3 Å². The molecule has 0 atom stereocenters. The second-order valence-corrected chi connectivity index (χ2v) is 5.37. The van der Waals surface area contributed by atoms with Gasteiger partial charge in [0.15, 0.2) is 5.78 Å². The summed E-state index contributed by atoms with van der Waals surface area (Å²) in [5.74, 6) is 0.0208. The highest BCUT2D eigenvalue weighted by atomic mass is 32.1. The average molecular weight is 289 g/mol. The molecule has 2 rings (SSSR count). The van der Waals surface area contributed by atoms with E-state index in [4.69, 9.17) is 0 Å². The highest BCUT2D eigenvalue weighted by Crippen LogP contribution is 2.12. The summed E-state index contributed by atoms with van der Waals surface area (Å²) in [4.78, 5) is 32.5. The summed E-state index contributed by atoms with van der Waals surface area (Å²) in [6, 6.07) is 5.41. The minimum Gasteiger partial charge on any atom is -0.295 e. The second kappa shape index (κ2) is 6.38. The van der Waals surface area contributed by atoms with E-state index in [0.29, 0.717) is 4.88 Å². The molecule has 0 radical (unpaired) electrons. The molecule has 2 aromatic heterocycles. The number of hydrogen-bond donors (Lipinski definition) is 1. The van der Waals surface area contributed by atoms with Crippen molar-refractivity contribution in [2.24, 2.45) is 0 Å². The van der Waals surface area contributed by atoms with Crippen molar-refractivity contribution < 1.29 is 9.59 Å². The first-order valence-electron chi connectivity index (χ1n) is 6.23. The zero-order chi connectivity index (χ0) is 14.5. The van der Waals surface area contributed by atoms with Gasteiger partial charge < -0.3 is 0 Å². The Morgan fingerprint density at radius 2 is 1.90 bits per heavy atom. The van der Waals surface area contributed by atoms with Crippen LogP contribution in [-0.2, 0) is 4.79 Å². The lowest BCUT2D eigenvalue weighted by Crippen LogP contribution is -2.15. The maximum atomic E-state index is 11.8. The zero-order valence-electron chi connectivity index (χ0n) is 11.3. The van der Waals surface area contributed by atoms with E-state index in [1.807, 2.05) is 31.4 Å². The molecule has 0 saturated carbocycles. The number of carbonyl (C=O) groups is 2. The number of anilines is 1. The minimum absolute atomic E-state index is 0.0171. The smallest absolute Gasteiger partial charge is 0.229 e. The van der Waals surface area contributed by atoms with Crippen LogP contribution in [0.4, 0.5) is 5.95 Å². The molecule has 0 spiro atoms. The zero-order valence-corrected chi connectivity index (χ0v) is 12.2.